The first-order valence-corrected chi connectivity index (χ1v) is 6.02. The highest BCUT2D eigenvalue weighted by Crippen LogP contribution is 2.44. The SMILES string of the molecule is O=C(O)[C@H](c1ccc(OC(F)(F)F)cc1)C1(O)CCC1. The molecule has 0 amide bonds. The molecule has 1 aliphatic rings. The van der Waals surface area contributed by atoms with E-state index in [0.717, 1.165) is 18.6 Å². The van der Waals surface area contributed by atoms with Crippen molar-refractivity contribution in [3.8, 4) is 5.75 Å². The largest absolute Gasteiger partial charge is 0.573 e. The number of benzene rings is 1. The zero-order chi connectivity index (χ0) is 15.0. The van der Waals surface area contributed by atoms with Gasteiger partial charge in [0.15, 0.2) is 0 Å². The van der Waals surface area contributed by atoms with E-state index in [1.807, 2.05) is 0 Å². The Balaban J connectivity index is 2.21. The van der Waals surface area contributed by atoms with E-state index in [-0.39, 0.29) is 5.56 Å². The first-order chi connectivity index (χ1) is 9.21. The molecule has 0 spiro atoms. The molecular formula is C13H13F3O4. The van der Waals surface area contributed by atoms with Crippen LogP contribution >= 0.6 is 0 Å². The fourth-order valence-corrected chi connectivity index (χ4v) is 2.37. The summed E-state index contributed by atoms with van der Waals surface area (Å²) in [5, 5.41) is 19.4. The maximum absolute atomic E-state index is 12.0. The summed E-state index contributed by atoms with van der Waals surface area (Å²) in [4.78, 5) is 11.3. The van der Waals surface area contributed by atoms with Crippen LogP contribution in [0.1, 0.15) is 30.7 Å². The number of carboxylic acids is 1. The molecule has 110 valence electrons. The molecule has 0 saturated heterocycles. The number of aliphatic hydroxyl groups is 1. The first-order valence-electron chi connectivity index (χ1n) is 6.02. The predicted molar refractivity (Wildman–Crippen MR) is 62.3 cm³/mol. The van der Waals surface area contributed by atoms with Crippen LogP contribution in [0.15, 0.2) is 24.3 Å². The van der Waals surface area contributed by atoms with Crippen LogP contribution in [0, 0.1) is 0 Å². The molecule has 1 saturated carbocycles. The van der Waals surface area contributed by atoms with Crippen molar-refractivity contribution in [2.45, 2.75) is 37.1 Å². The second kappa shape index (κ2) is 4.97. The van der Waals surface area contributed by atoms with Gasteiger partial charge in [-0.15, -0.1) is 13.2 Å². The molecule has 0 aliphatic heterocycles. The molecule has 0 bridgehead atoms. The highest BCUT2D eigenvalue weighted by Gasteiger charge is 2.47. The number of alkyl halides is 3. The minimum Gasteiger partial charge on any atom is -0.481 e. The smallest absolute Gasteiger partial charge is 0.481 e. The van der Waals surface area contributed by atoms with Crippen molar-refractivity contribution in [2.75, 3.05) is 0 Å². The van der Waals surface area contributed by atoms with E-state index in [2.05, 4.69) is 4.74 Å². The molecule has 0 unspecified atom stereocenters. The van der Waals surface area contributed by atoms with Crippen LogP contribution in [0.2, 0.25) is 0 Å². The second-order valence-corrected chi connectivity index (χ2v) is 4.85. The van der Waals surface area contributed by atoms with Gasteiger partial charge in [0.1, 0.15) is 11.7 Å². The Labute approximate surface area is 112 Å². The van der Waals surface area contributed by atoms with Gasteiger partial charge in [-0.2, -0.15) is 0 Å². The monoisotopic (exact) mass is 290 g/mol. The molecule has 1 atom stereocenters. The second-order valence-electron chi connectivity index (χ2n) is 4.85. The van der Waals surface area contributed by atoms with Gasteiger partial charge in [0, 0.05) is 0 Å². The molecule has 0 aromatic heterocycles. The van der Waals surface area contributed by atoms with Gasteiger partial charge in [0.05, 0.1) is 5.60 Å². The lowest BCUT2D eigenvalue weighted by Gasteiger charge is -2.41. The van der Waals surface area contributed by atoms with Crippen LogP contribution in [0.25, 0.3) is 0 Å². The number of ether oxygens (including phenoxy) is 1. The van der Waals surface area contributed by atoms with Crippen molar-refractivity contribution in [3.05, 3.63) is 29.8 Å². The lowest BCUT2D eigenvalue weighted by atomic mass is 9.68. The number of hydrogen-bond donors (Lipinski definition) is 2. The van der Waals surface area contributed by atoms with Crippen molar-refractivity contribution >= 4 is 5.97 Å². The molecule has 1 aromatic rings. The minimum absolute atomic E-state index is 0.259. The highest BCUT2D eigenvalue weighted by atomic mass is 19.4. The van der Waals surface area contributed by atoms with Crippen LogP contribution in [-0.4, -0.2) is 28.1 Å². The normalized spacial score (nSPS) is 19.0. The Kier molecular flexibility index (Phi) is 3.64. The Morgan fingerprint density at radius 2 is 1.80 bits per heavy atom. The number of halogens is 3. The van der Waals surface area contributed by atoms with Gasteiger partial charge in [-0.05, 0) is 37.0 Å². The van der Waals surface area contributed by atoms with E-state index in [1.165, 1.54) is 12.1 Å². The molecule has 1 aromatic carbocycles. The summed E-state index contributed by atoms with van der Waals surface area (Å²) in [6, 6.07) is 4.55. The number of aliphatic carboxylic acids is 1. The Hall–Kier alpha value is -1.76. The van der Waals surface area contributed by atoms with Crippen LogP contribution in [0.3, 0.4) is 0 Å². The van der Waals surface area contributed by atoms with Gasteiger partial charge in [-0.25, -0.2) is 0 Å². The third kappa shape index (κ3) is 3.04. The van der Waals surface area contributed by atoms with Crippen LogP contribution in [0.4, 0.5) is 13.2 Å². The molecular weight excluding hydrogens is 277 g/mol. The molecule has 1 fully saturated rings. The molecule has 7 heteroatoms. The maximum atomic E-state index is 12.0. The molecule has 0 heterocycles. The topological polar surface area (TPSA) is 66.8 Å². The maximum Gasteiger partial charge on any atom is 0.573 e. The molecule has 20 heavy (non-hydrogen) atoms. The fraction of sp³-hybridized carbons (Fsp3) is 0.462. The van der Waals surface area contributed by atoms with E-state index in [1.54, 1.807) is 0 Å². The minimum atomic E-state index is -4.79. The van der Waals surface area contributed by atoms with Crippen molar-refractivity contribution in [1.82, 2.24) is 0 Å². The summed E-state index contributed by atoms with van der Waals surface area (Å²) in [7, 11) is 0. The van der Waals surface area contributed by atoms with E-state index >= 15 is 0 Å². The third-order valence-corrected chi connectivity index (χ3v) is 3.45. The van der Waals surface area contributed by atoms with Crippen LogP contribution in [0.5, 0.6) is 5.75 Å². The van der Waals surface area contributed by atoms with Gasteiger partial charge in [0.2, 0.25) is 0 Å². The van der Waals surface area contributed by atoms with E-state index in [4.69, 9.17) is 0 Å². The predicted octanol–water partition coefficient (Wildman–Crippen LogP) is 2.67. The van der Waals surface area contributed by atoms with Gasteiger partial charge in [-0.1, -0.05) is 12.1 Å². The highest BCUT2D eigenvalue weighted by molar-refractivity contribution is 5.78. The van der Waals surface area contributed by atoms with Crippen molar-refractivity contribution in [3.63, 3.8) is 0 Å². The number of rotatable bonds is 4. The summed E-state index contributed by atoms with van der Waals surface area (Å²) >= 11 is 0. The van der Waals surface area contributed by atoms with Crippen molar-refractivity contribution in [1.29, 1.82) is 0 Å². The van der Waals surface area contributed by atoms with Crippen molar-refractivity contribution in [2.24, 2.45) is 0 Å². The molecule has 4 nitrogen and oxygen atoms in total. The average molecular weight is 290 g/mol. The molecule has 2 rings (SSSR count). The van der Waals surface area contributed by atoms with Gasteiger partial charge < -0.3 is 14.9 Å². The van der Waals surface area contributed by atoms with Crippen molar-refractivity contribution < 1.29 is 32.9 Å². The zero-order valence-corrected chi connectivity index (χ0v) is 10.4. The molecule has 0 radical (unpaired) electrons. The summed E-state index contributed by atoms with van der Waals surface area (Å²) in [5.41, 5.74) is -1.06. The summed E-state index contributed by atoms with van der Waals surface area (Å²) in [6.45, 7) is 0. The van der Waals surface area contributed by atoms with E-state index in [0.29, 0.717) is 12.8 Å². The standard InChI is InChI=1S/C13H13F3O4/c14-13(15,16)20-9-4-2-8(3-5-9)10(11(17)18)12(19)6-1-7-12/h2-5,10,19H,1,6-7H2,(H,17,18)/t10-/m0/s1. The summed E-state index contributed by atoms with van der Waals surface area (Å²) < 4.78 is 39.8. The number of carboxylic acid groups (broad SMARTS) is 1. The average Bonchev–Trinajstić information content (AvgIpc) is 2.27. The fourth-order valence-electron chi connectivity index (χ4n) is 2.37. The third-order valence-electron chi connectivity index (χ3n) is 3.45. The number of hydrogen-bond acceptors (Lipinski definition) is 3. The Morgan fingerprint density at radius 1 is 1.25 bits per heavy atom. The van der Waals surface area contributed by atoms with E-state index in [9.17, 15) is 28.2 Å². The van der Waals surface area contributed by atoms with E-state index < -0.39 is 29.6 Å². The molecule has 1 aliphatic carbocycles. The zero-order valence-electron chi connectivity index (χ0n) is 10.4. The van der Waals surface area contributed by atoms with Crippen LogP contribution in [-0.2, 0) is 4.79 Å². The molecule has 2 N–H and O–H groups in total. The first kappa shape index (κ1) is 14.6. The summed E-state index contributed by atoms with van der Waals surface area (Å²) in [6.07, 6.45) is -3.33. The lowest BCUT2D eigenvalue weighted by molar-refractivity contribution is -0.274. The summed E-state index contributed by atoms with van der Waals surface area (Å²) in [5.74, 6) is -2.76. The number of carbonyl (C=O) groups is 1. The van der Waals surface area contributed by atoms with Gasteiger partial charge in [0.25, 0.3) is 0 Å². The Bertz CT molecular complexity index is 491. The lowest BCUT2D eigenvalue weighted by Crippen LogP contribution is -2.46. The Morgan fingerprint density at radius 3 is 2.15 bits per heavy atom. The van der Waals surface area contributed by atoms with Crippen LogP contribution < -0.4 is 4.74 Å². The quantitative estimate of drug-likeness (QED) is 0.894. The van der Waals surface area contributed by atoms with Gasteiger partial charge in [-0.3, -0.25) is 4.79 Å². The van der Waals surface area contributed by atoms with Gasteiger partial charge >= 0.3 is 12.3 Å².